The molecule has 0 aliphatic carbocycles. The SMILES string of the molecule is COc1ccc(Cl)cc1-c1c(NCc2ccsc2)c(=O)[nH]c2ccc(C(F)(F)F)cc12. The number of hydrogen-bond donors (Lipinski definition) is 2. The summed E-state index contributed by atoms with van der Waals surface area (Å²) in [6.45, 7) is 0.326. The lowest BCUT2D eigenvalue weighted by Gasteiger charge is -2.18. The Hall–Kier alpha value is -2.97. The number of aromatic nitrogens is 1. The van der Waals surface area contributed by atoms with Crippen LogP contribution in [0.2, 0.25) is 5.02 Å². The molecule has 9 heteroatoms. The minimum atomic E-state index is -4.54. The van der Waals surface area contributed by atoms with Crippen LogP contribution in [-0.4, -0.2) is 12.1 Å². The Morgan fingerprint density at radius 3 is 2.65 bits per heavy atom. The number of aromatic amines is 1. The molecule has 4 aromatic rings. The van der Waals surface area contributed by atoms with Crippen molar-refractivity contribution in [3.05, 3.63) is 79.7 Å². The van der Waals surface area contributed by atoms with Crippen molar-refractivity contribution in [3.63, 3.8) is 0 Å². The van der Waals surface area contributed by atoms with Crippen LogP contribution in [0.4, 0.5) is 18.9 Å². The zero-order valence-corrected chi connectivity index (χ0v) is 17.7. The number of pyridine rings is 1. The summed E-state index contributed by atoms with van der Waals surface area (Å²) < 4.78 is 45.8. The van der Waals surface area contributed by atoms with Crippen LogP contribution in [0, 0.1) is 0 Å². The van der Waals surface area contributed by atoms with Crippen molar-refractivity contribution in [2.75, 3.05) is 12.4 Å². The largest absolute Gasteiger partial charge is 0.496 e. The van der Waals surface area contributed by atoms with Gasteiger partial charge in [0.15, 0.2) is 0 Å². The number of anilines is 1. The van der Waals surface area contributed by atoms with Crippen LogP contribution in [0.3, 0.4) is 0 Å². The molecule has 0 amide bonds. The Bertz CT molecular complexity index is 1300. The molecule has 0 aliphatic rings. The molecule has 0 saturated heterocycles. The topological polar surface area (TPSA) is 54.1 Å². The standard InChI is InChI=1S/C22H16ClF3N2O2S/c1-30-18-5-3-14(23)9-16(18)19-15-8-13(22(24,25)26)2-4-17(15)28-21(29)20(19)27-10-12-6-7-31-11-12/h2-9,11,27H,10H2,1H3,(H,28,29). The van der Waals surface area contributed by atoms with Gasteiger partial charge in [0.25, 0.3) is 5.56 Å². The highest BCUT2D eigenvalue weighted by atomic mass is 35.5. The maximum absolute atomic E-state index is 13.4. The number of nitrogens with one attached hydrogen (secondary N) is 2. The molecule has 0 aliphatic heterocycles. The van der Waals surface area contributed by atoms with Gasteiger partial charge >= 0.3 is 6.18 Å². The molecule has 2 aromatic carbocycles. The lowest BCUT2D eigenvalue weighted by molar-refractivity contribution is -0.137. The lowest BCUT2D eigenvalue weighted by atomic mass is 9.96. The van der Waals surface area contributed by atoms with Gasteiger partial charge < -0.3 is 15.0 Å². The van der Waals surface area contributed by atoms with Crippen LogP contribution in [0.15, 0.2) is 58.0 Å². The highest BCUT2D eigenvalue weighted by Crippen LogP contribution is 2.41. The number of rotatable bonds is 5. The molecule has 2 aromatic heterocycles. The third kappa shape index (κ3) is 4.26. The van der Waals surface area contributed by atoms with Crippen molar-refractivity contribution in [1.82, 2.24) is 4.98 Å². The van der Waals surface area contributed by atoms with E-state index in [9.17, 15) is 18.0 Å². The van der Waals surface area contributed by atoms with E-state index in [0.717, 1.165) is 17.7 Å². The van der Waals surface area contributed by atoms with Gasteiger partial charge in [-0.2, -0.15) is 24.5 Å². The number of halogens is 4. The monoisotopic (exact) mass is 464 g/mol. The minimum Gasteiger partial charge on any atom is -0.496 e. The first-order valence-corrected chi connectivity index (χ1v) is 10.5. The summed E-state index contributed by atoms with van der Waals surface area (Å²) in [5.74, 6) is 0.382. The summed E-state index contributed by atoms with van der Waals surface area (Å²) in [5.41, 5.74) is 0.780. The van der Waals surface area contributed by atoms with Gasteiger partial charge in [0, 0.05) is 33.6 Å². The van der Waals surface area contributed by atoms with Crippen molar-refractivity contribution < 1.29 is 17.9 Å². The normalized spacial score (nSPS) is 11.6. The minimum absolute atomic E-state index is 0.138. The number of fused-ring (bicyclic) bond motifs is 1. The van der Waals surface area contributed by atoms with Gasteiger partial charge in [0.2, 0.25) is 0 Å². The van der Waals surface area contributed by atoms with Crippen molar-refractivity contribution >= 4 is 39.5 Å². The van der Waals surface area contributed by atoms with Crippen LogP contribution >= 0.6 is 22.9 Å². The third-order valence-electron chi connectivity index (χ3n) is 4.82. The highest BCUT2D eigenvalue weighted by Gasteiger charge is 2.31. The predicted molar refractivity (Wildman–Crippen MR) is 118 cm³/mol. The fraction of sp³-hybridized carbons (Fsp3) is 0.136. The van der Waals surface area contributed by atoms with Gasteiger partial charge in [0.05, 0.1) is 12.7 Å². The van der Waals surface area contributed by atoms with E-state index in [-0.39, 0.29) is 16.6 Å². The van der Waals surface area contributed by atoms with E-state index in [1.54, 1.807) is 18.2 Å². The quantitative estimate of drug-likeness (QED) is 0.352. The second kappa shape index (κ2) is 8.28. The maximum atomic E-state index is 13.4. The summed E-state index contributed by atoms with van der Waals surface area (Å²) in [6, 6.07) is 9.91. The zero-order valence-electron chi connectivity index (χ0n) is 16.1. The van der Waals surface area contributed by atoms with E-state index in [4.69, 9.17) is 16.3 Å². The Morgan fingerprint density at radius 1 is 1.16 bits per heavy atom. The Kier molecular flexibility index (Phi) is 5.68. The molecule has 0 atom stereocenters. The molecule has 160 valence electrons. The van der Waals surface area contributed by atoms with Gasteiger partial charge in [-0.3, -0.25) is 4.79 Å². The molecule has 2 heterocycles. The maximum Gasteiger partial charge on any atom is 0.416 e. The van der Waals surface area contributed by atoms with Gasteiger partial charge in [-0.05, 0) is 58.8 Å². The van der Waals surface area contributed by atoms with E-state index in [1.165, 1.54) is 24.5 Å². The lowest BCUT2D eigenvalue weighted by Crippen LogP contribution is -2.16. The average Bonchev–Trinajstić information content (AvgIpc) is 3.24. The first-order chi connectivity index (χ1) is 14.8. The summed E-state index contributed by atoms with van der Waals surface area (Å²) >= 11 is 7.70. The Balaban J connectivity index is 2.03. The second-order valence-corrected chi connectivity index (χ2v) is 8.01. The van der Waals surface area contributed by atoms with E-state index in [0.29, 0.717) is 28.4 Å². The molecule has 4 nitrogen and oxygen atoms in total. The molecule has 2 N–H and O–H groups in total. The van der Waals surface area contributed by atoms with Crippen LogP contribution in [0.5, 0.6) is 5.75 Å². The molecule has 31 heavy (non-hydrogen) atoms. The number of methoxy groups -OCH3 is 1. The summed E-state index contributed by atoms with van der Waals surface area (Å²) in [4.78, 5) is 15.6. The number of H-pyrrole nitrogens is 1. The summed E-state index contributed by atoms with van der Waals surface area (Å²) in [7, 11) is 1.45. The van der Waals surface area contributed by atoms with Gasteiger partial charge in [0.1, 0.15) is 11.4 Å². The number of thiophene rings is 1. The molecule has 0 bridgehead atoms. The first-order valence-electron chi connectivity index (χ1n) is 9.14. The van der Waals surface area contributed by atoms with E-state index in [1.807, 2.05) is 16.8 Å². The first kappa shape index (κ1) is 21.3. The van der Waals surface area contributed by atoms with Gasteiger partial charge in [-0.1, -0.05) is 11.6 Å². The van der Waals surface area contributed by atoms with Crippen LogP contribution in [-0.2, 0) is 12.7 Å². The number of alkyl halides is 3. The van der Waals surface area contributed by atoms with Crippen molar-refractivity contribution in [3.8, 4) is 16.9 Å². The summed E-state index contributed by atoms with van der Waals surface area (Å²) in [6.07, 6.45) is -4.54. The fourth-order valence-corrected chi connectivity index (χ4v) is 4.22. The molecule has 0 saturated carbocycles. The Labute approximate surface area is 184 Å². The van der Waals surface area contributed by atoms with Crippen molar-refractivity contribution in [1.29, 1.82) is 0 Å². The van der Waals surface area contributed by atoms with E-state index in [2.05, 4.69) is 10.3 Å². The van der Waals surface area contributed by atoms with Gasteiger partial charge in [-0.25, -0.2) is 0 Å². The molecule has 0 unspecified atom stereocenters. The van der Waals surface area contributed by atoms with E-state index >= 15 is 0 Å². The second-order valence-electron chi connectivity index (χ2n) is 6.79. The Morgan fingerprint density at radius 2 is 1.97 bits per heavy atom. The number of hydrogen-bond acceptors (Lipinski definition) is 4. The zero-order chi connectivity index (χ0) is 22.2. The van der Waals surface area contributed by atoms with Crippen molar-refractivity contribution in [2.45, 2.75) is 12.7 Å². The predicted octanol–water partition coefficient (Wildman–Crippen LogP) is 6.55. The third-order valence-corrected chi connectivity index (χ3v) is 5.79. The number of ether oxygens (including phenoxy) is 1. The fourth-order valence-electron chi connectivity index (χ4n) is 3.38. The van der Waals surface area contributed by atoms with Crippen LogP contribution in [0.25, 0.3) is 22.0 Å². The molecular formula is C22H16ClF3N2O2S. The van der Waals surface area contributed by atoms with Gasteiger partial charge in [-0.15, -0.1) is 0 Å². The van der Waals surface area contributed by atoms with Crippen LogP contribution < -0.4 is 15.6 Å². The molecular weight excluding hydrogens is 449 g/mol. The highest BCUT2D eigenvalue weighted by molar-refractivity contribution is 7.07. The molecule has 0 fully saturated rings. The average molecular weight is 465 g/mol. The summed E-state index contributed by atoms with van der Waals surface area (Å²) in [5, 5.41) is 7.49. The smallest absolute Gasteiger partial charge is 0.416 e. The van der Waals surface area contributed by atoms with Crippen molar-refractivity contribution in [2.24, 2.45) is 0 Å². The van der Waals surface area contributed by atoms with Crippen LogP contribution in [0.1, 0.15) is 11.1 Å². The molecule has 4 rings (SSSR count). The molecule has 0 radical (unpaired) electrons. The number of benzene rings is 2. The molecule has 0 spiro atoms. The van der Waals surface area contributed by atoms with E-state index < -0.39 is 17.3 Å².